The third kappa shape index (κ3) is 3.91. The second-order valence-corrected chi connectivity index (χ2v) is 10.5. The molecular formula is C23H28N4O2S. The average Bonchev–Trinajstić information content (AvgIpc) is 3.14. The van der Waals surface area contributed by atoms with Crippen molar-refractivity contribution in [1.82, 2.24) is 15.5 Å². The van der Waals surface area contributed by atoms with Crippen LogP contribution >= 0.6 is 11.3 Å². The van der Waals surface area contributed by atoms with Gasteiger partial charge in [0, 0.05) is 29.7 Å². The van der Waals surface area contributed by atoms with Crippen LogP contribution in [0.2, 0.25) is 0 Å². The highest BCUT2D eigenvalue weighted by Crippen LogP contribution is 2.37. The summed E-state index contributed by atoms with van der Waals surface area (Å²) in [5, 5.41) is 25.9. The number of hydrogen-bond acceptors (Lipinski definition) is 7. The van der Waals surface area contributed by atoms with E-state index in [1.54, 1.807) is 17.4 Å². The molecule has 0 radical (unpaired) electrons. The standard InChI is InChI=1S/C23H28N4O2S/c1-22(2)11-16(12-23(3,4)26-22)27(5)21-25-24-20(30-21)15-6-8-17-14(10-15)7-9-19(29)18(17)13-28/h6-10,13,16,26,29H,11-12H2,1-5H3. The van der Waals surface area contributed by atoms with E-state index in [1.165, 1.54) is 0 Å². The monoisotopic (exact) mass is 424 g/mol. The van der Waals surface area contributed by atoms with Crippen molar-refractivity contribution >= 4 is 33.5 Å². The van der Waals surface area contributed by atoms with E-state index in [-0.39, 0.29) is 16.8 Å². The predicted octanol–water partition coefficient (Wildman–Crippen LogP) is 4.62. The molecule has 1 saturated heterocycles. The van der Waals surface area contributed by atoms with Gasteiger partial charge in [0.1, 0.15) is 10.8 Å². The smallest absolute Gasteiger partial charge is 0.208 e. The van der Waals surface area contributed by atoms with Crippen LogP contribution in [0.4, 0.5) is 5.13 Å². The van der Waals surface area contributed by atoms with Crippen LogP contribution in [0.3, 0.4) is 0 Å². The Morgan fingerprint density at radius 2 is 1.83 bits per heavy atom. The van der Waals surface area contributed by atoms with Crippen molar-refractivity contribution in [3.63, 3.8) is 0 Å². The number of aromatic nitrogens is 2. The Bertz CT molecular complexity index is 1090. The minimum atomic E-state index is -0.00195. The summed E-state index contributed by atoms with van der Waals surface area (Å²) in [4.78, 5) is 13.6. The van der Waals surface area contributed by atoms with Crippen molar-refractivity contribution in [3.8, 4) is 16.3 Å². The van der Waals surface area contributed by atoms with E-state index in [1.807, 2.05) is 24.3 Å². The fourth-order valence-corrected chi connectivity index (χ4v) is 5.65. The van der Waals surface area contributed by atoms with Crippen LogP contribution < -0.4 is 10.2 Å². The lowest BCUT2D eigenvalue weighted by atomic mass is 9.79. The van der Waals surface area contributed by atoms with E-state index in [9.17, 15) is 9.90 Å². The number of phenols is 1. The predicted molar refractivity (Wildman–Crippen MR) is 123 cm³/mol. The highest BCUT2D eigenvalue weighted by atomic mass is 32.1. The third-order valence-corrected chi connectivity index (χ3v) is 6.90. The molecule has 6 nitrogen and oxygen atoms in total. The number of carbonyl (C=O) groups excluding carboxylic acids is 1. The largest absolute Gasteiger partial charge is 0.507 e. The number of carbonyl (C=O) groups is 1. The van der Waals surface area contributed by atoms with Crippen molar-refractivity contribution in [3.05, 3.63) is 35.9 Å². The number of nitrogens with zero attached hydrogens (tertiary/aromatic N) is 3. The topological polar surface area (TPSA) is 78.4 Å². The van der Waals surface area contributed by atoms with Gasteiger partial charge in [0.05, 0.1) is 5.56 Å². The molecular weight excluding hydrogens is 396 g/mol. The van der Waals surface area contributed by atoms with Crippen LogP contribution in [0.15, 0.2) is 30.3 Å². The Morgan fingerprint density at radius 1 is 1.13 bits per heavy atom. The summed E-state index contributed by atoms with van der Waals surface area (Å²) in [7, 11) is 2.10. The number of rotatable bonds is 4. The van der Waals surface area contributed by atoms with Gasteiger partial charge >= 0.3 is 0 Å². The molecule has 0 atom stereocenters. The van der Waals surface area contributed by atoms with E-state index in [2.05, 4.69) is 55.2 Å². The molecule has 2 aromatic carbocycles. The molecule has 0 bridgehead atoms. The fourth-order valence-electron chi connectivity index (χ4n) is 4.77. The maximum atomic E-state index is 11.3. The number of benzene rings is 2. The van der Waals surface area contributed by atoms with Crippen molar-refractivity contribution < 1.29 is 9.90 Å². The van der Waals surface area contributed by atoms with Crippen LogP contribution in [0.25, 0.3) is 21.3 Å². The van der Waals surface area contributed by atoms with Crippen molar-refractivity contribution in [2.45, 2.75) is 57.7 Å². The Morgan fingerprint density at radius 3 is 2.50 bits per heavy atom. The maximum absolute atomic E-state index is 11.3. The molecule has 1 fully saturated rings. The molecule has 158 valence electrons. The Kier molecular flexibility index (Phi) is 5.06. The van der Waals surface area contributed by atoms with Crippen molar-refractivity contribution in [2.24, 2.45) is 0 Å². The lowest BCUT2D eigenvalue weighted by molar-refractivity contribution is 0.112. The van der Waals surface area contributed by atoms with E-state index in [4.69, 9.17) is 0 Å². The zero-order chi connectivity index (χ0) is 21.7. The van der Waals surface area contributed by atoms with Crippen molar-refractivity contribution in [2.75, 3.05) is 11.9 Å². The van der Waals surface area contributed by atoms with E-state index < -0.39 is 0 Å². The molecule has 1 aromatic heterocycles. The van der Waals surface area contributed by atoms with Crippen molar-refractivity contribution in [1.29, 1.82) is 0 Å². The Balaban J connectivity index is 1.62. The van der Waals surface area contributed by atoms with Gasteiger partial charge in [-0.3, -0.25) is 4.79 Å². The van der Waals surface area contributed by atoms with Crippen LogP contribution in [0, 0.1) is 0 Å². The molecule has 30 heavy (non-hydrogen) atoms. The molecule has 2 heterocycles. The molecule has 0 amide bonds. The average molecular weight is 425 g/mol. The normalized spacial score (nSPS) is 18.4. The number of piperidine rings is 1. The van der Waals surface area contributed by atoms with Crippen LogP contribution in [0.1, 0.15) is 50.9 Å². The minimum Gasteiger partial charge on any atom is -0.507 e. The summed E-state index contributed by atoms with van der Waals surface area (Å²) >= 11 is 1.57. The summed E-state index contributed by atoms with van der Waals surface area (Å²) < 4.78 is 0. The number of phenolic OH excluding ortho intramolecular Hbond substituents is 1. The first-order valence-corrected chi connectivity index (χ1v) is 11.0. The highest BCUT2D eigenvalue weighted by Gasteiger charge is 2.39. The van der Waals surface area contributed by atoms with E-state index in [0.29, 0.717) is 17.9 Å². The van der Waals surface area contributed by atoms with Crippen LogP contribution in [-0.2, 0) is 0 Å². The summed E-state index contributed by atoms with van der Waals surface area (Å²) in [6, 6.07) is 9.52. The molecule has 0 spiro atoms. The first kappa shape index (κ1) is 20.8. The SMILES string of the molecule is CN(c1nnc(-c2ccc3c(C=O)c(O)ccc3c2)s1)C1CC(C)(C)NC(C)(C)C1. The summed E-state index contributed by atoms with van der Waals surface area (Å²) in [5.41, 5.74) is 1.39. The lowest BCUT2D eigenvalue weighted by Crippen LogP contribution is -2.61. The number of anilines is 1. The molecule has 1 aliphatic heterocycles. The van der Waals surface area contributed by atoms with Gasteiger partial charge in [-0.15, -0.1) is 10.2 Å². The van der Waals surface area contributed by atoms with Gasteiger partial charge in [-0.05, 0) is 63.4 Å². The second kappa shape index (κ2) is 7.32. The number of fused-ring (bicyclic) bond motifs is 1. The van der Waals surface area contributed by atoms with Crippen LogP contribution in [-0.4, -0.2) is 45.8 Å². The van der Waals surface area contributed by atoms with Gasteiger partial charge in [0.2, 0.25) is 5.13 Å². The first-order valence-electron chi connectivity index (χ1n) is 10.2. The van der Waals surface area contributed by atoms with Gasteiger partial charge in [0.15, 0.2) is 6.29 Å². The number of aromatic hydroxyl groups is 1. The zero-order valence-electron chi connectivity index (χ0n) is 18.1. The molecule has 3 aromatic rings. The quantitative estimate of drug-likeness (QED) is 0.595. The number of nitrogens with one attached hydrogen (secondary N) is 1. The van der Waals surface area contributed by atoms with E-state index >= 15 is 0 Å². The number of aldehydes is 1. The van der Waals surface area contributed by atoms with Gasteiger partial charge in [-0.2, -0.15) is 0 Å². The first-order chi connectivity index (χ1) is 14.1. The third-order valence-electron chi connectivity index (χ3n) is 5.84. The molecule has 0 unspecified atom stereocenters. The fraction of sp³-hybridized carbons (Fsp3) is 0.435. The summed E-state index contributed by atoms with van der Waals surface area (Å²) in [6.07, 6.45) is 2.77. The zero-order valence-corrected chi connectivity index (χ0v) is 18.9. The molecule has 2 N–H and O–H groups in total. The van der Waals surface area contributed by atoms with E-state index in [0.717, 1.165) is 39.3 Å². The molecule has 7 heteroatoms. The molecule has 4 rings (SSSR count). The van der Waals surface area contributed by atoms with Gasteiger partial charge in [-0.1, -0.05) is 29.5 Å². The van der Waals surface area contributed by atoms with Gasteiger partial charge in [-0.25, -0.2) is 0 Å². The van der Waals surface area contributed by atoms with Crippen LogP contribution in [0.5, 0.6) is 5.75 Å². The van der Waals surface area contributed by atoms with Gasteiger partial charge < -0.3 is 15.3 Å². The summed E-state index contributed by atoms with van der Waals surface area (Å²) in [6.45, 7) is 9.00. The molecule has 0 aliphatic carbocycles. The number of hydrogen-bond donors (Lipinski definition) is 2. The second-order valence-electron chi connectivity index (χ2n) is 9.51. The maximum Gasteiger partial charge on any atom is 0.208 e. The minimum absolute atomic E-state index is 0.00195. The molecule has 1 aliphatic rings. The highest BCUT2D eigenvalue weighted by molar-refractivity contribution is 7.18. The van der Waals surface area contributed by atoms with Gasteiger partial charge in [0.25, 0.3) is 0 Å². The molecule has 0 saturated carbocycles. The Labute approximate surface area is 180 Å². The lowest BCUT2D eigenvalue weighted by Gasteiger charge is -2.48. The summed E-state index contributed by atoms with van der Waals surface area (Å²) in [5.74, 6) is -0.00195. The Hall–Kier alpha value is -2.51.